The summed E-state index contributed by atoms with van der Waals surface area (Å²) in [5.41, 5.74) is 12.2. The number of likely N-dealkylation sites (N-methyl/N-ethyl adjacent to an activating group) is 2. The molecule has 0 saturated carbocycles. The van der Waals surface area contributed by atoms with Gasteiger partial charge >= 0.3 is 0 Å². The Labute approximate surface area is 296 Å². The van der Waals surface area contributed by atoms with E-state index >= 15 is 0 Å². The van der Waals surface area contributed by atoms with Crippen LogP contribution in [0, 0.1) is 13.8 Å². The Morgan fingerprint density at radius 1 is 0.833 bits per heavy atom. The highest BCUT2D eigenvalue weighted by molar-refractivity contribution is 8.76. The van der Waals surface area contributed by atoms with Gasteiger partial charge in [-0.05, 0) is 104 Å². The minimum absolute atomic E-state index is 0.148. The molecule has 256 valence electrons. The van der Waals surface area contributed by atoms with Crippen molar-refractivity contribution in [2.45, 2.75) is 34.2 Å². The summed E-state index contributed by atoms with van der Waals surface area (Å²) >= 11 is 0. The van der Waals surface area contributed by atoms with E-state index in [4.69, 9.17) is 0 Å². The van der Waals surface area contributed by atoms with Crippen molar-refractivity contribution in [1.82, 2.24) is 4.90 Å². The van der Waals surface area contributed by atoms with Crippen LogP contribution < -0.4 is 14.4 Å². The summed E-state index contributed by atoms with van der Waals surface area (Å²) in [6.45, 7) is 13.2. The van der Waals surface area contributed by atoms with Crippen LogP contribution in [0.4, 0.5) is 11.4 Å². The molecule has 1 aromatic heterocycles. The first-order valence-electron chi connectivity index (χ1n) is 16.8. The summed E-state index contributed by atoms with van der Waals surface area (Å²) in [7, 11) is 7.93. The second-order valence-electron chi connectivity index (χ2n) is 12.4. The predicted molar refractivity (Wildman–Crippen MR) is 211 cm³/mol. The van der Waals surface area contributed by atoms with Gasteiger partial charge in [0, 0.05) is 80.8 Å². The molecule has 1 aliphatic heterocycles. The first kappa shape index (κ1) is 37.4. The summed E-state index contributed by atoms with van der Waals surface area (Å²) in [5, 5.41) is 18.6. The number of pyridine rings is 1. The number of rotatable bonds is 17. The monoisotopic (exact) mass is 685 g/mol. The van der Waals surface area contributed by atoms with Gasteiger partial charge in [-0.25, -0.2) is 0 Å². The molecule has 8 heteroatoms. The smallest absolute Gasteiger partial charge is 0.208 e. The van der Waals surface area contributed by atoms with Gasteiger partial charge in [-0.3, -0.25) is 0 Å². The lowest BCUT2D eigenvalue weighted by molar-refractivity contribution is -0.694. The number of aliphatic hydroxyl groups is 2. The van der Waals surface area contributed by atoms with Crippen LogP contribution in [0.3, 0.4) is 0 Å². The molecule has 6 nitrogen and oxygen atoms in total. The lowest BCUT2D eigenvalue weighted by Crippen LogP contribution is -2.38. The molecule has 0 bridgehead atoms. The zero-order valence-electron chi connectivity index (χ0n) is 29.5. The fourth-order valence-electron chi connectivity index (χ4n) is 5.86. The lowest BCUT2D eigenvalue weighted by atomic mass is 10.0. The van der Waals surface area contributed by atoms with Crippen molar-refractivity contribution >= 4 is 50.7 Å². The van der Waals surface area contributed by atoms with Gasteiger partial charge in [-0.2, -0.15) is 4.57 Å². The van der Waals surface area contributed by atoms with E-state index in [0.29, 0.717) is 13.1 Å². The Kier molecular flexibility index (Phi) is 14.8. The molecule has 0 radical (unpaired) electrons. The number of anilines is 2. The second-order valence-corrected chi connectivity index (χ2v) is 15.1. The average molecular weight is 686 g/mol. The van der Waals surface area contributed by atoms with Crippen LogP contribution in [0.2, 0.25) is 0 Å². The molecular formula is C40H53N4O2S2+. The number of allylic oxidation sites excluding steroid dienone is 4. The van der Waals surface area contributed by atoms with E-state index in [-0.39, 0.29) is 13.2 Å². The second kappa shape index (κ2) is 18.9. The predicted octanol–water partition coefficient (Wildman–Crippen LogP) is 7.25. The Morgan fingerprint density at radius 3 is 2.04 bits per heavy atom. The van der Waals surface area contributed by atoms with Crippen LogP contribution in [0.15, 0.2) is 90.3 Å². The highest BCUT2D eigenvalue weighted by Gasteiger charge is 2.15. The molecule has 2 aromatic carbocycles. The third-order valence-corrected chi connectivity index (χ3v) is 11.1. The van der Waals surface area contributed by atoms with E-state index in [1.165, 1.54) is 44.8 Å². The lowest BCUT2D eigenvalue weighted by Gasteiger charge is -2.29. The van der Waals surface area contributed by atoms with E-state index in [2.05, 4.69) is 138 Å². The molecule has 0 spiro atoms. The summed E-state index contributed by atoms with van der Waals surface area (Å²) in [6, 6.07) is 19.5. The van der Waals surface area contributed by atoms with Crippen LogP contribution in [-0.2, 0) is 6.54 Å². The number of hydrogen-bond acceptors (Lipinski definition) is 7. The fraction of sp³-hybridized carbons (Fsp3) is 0.375. The Hall–Kier alpha value is -3.43. The molecule has 2 N–H and O–H groups in total. The first-order chi connectivity index (χ1) is 23.2. The summed E-state index contributed by atoms with van der Waals surface area (Å²) in [5.74, 6) is 2.09. The molecule has 0 unspecified atom stereocenters. The zero-order valence-corrected chi connectivity index (χ0v) is 31.2. The highest BCUT2D eigenvalue weighted by atomic mass is 33.1. The van der Waals surface area contributed by atoms with Crippen LogP contribution in [-0.4, -0.2) is 80.1 Å². The molecule has 1 aliphatic rings. The number of benzene rings is 2. The molecule has 3 aromatic rings. The van der Waals surface area contributed by atoms with Gasteiger partial charge < -0.3 is 24.9 Å². The molecule has 48 heavy (non-hydrogen) atoms. The first-order valence-corrected chi connectivity index (χ1v) is 19.3. The van der Waals surface area contributed by atoms with Crippen LogP contribution in [0.25, 0.3) is 17.7 Å². The van der Waals surface area contributed by atoms with E-state index in [1.54, 1.807) is 0 Å². The topological polar surface area (TPSA) is 54.1 Å². The van der Waals surface area contributed by atoms with Crippen molar-refractivity contribution in [1.29, 1.82) is 0 Å². The maximum atomic E-state index is 9.29. The Balaban J connectivity index is 1.29. The average Bonchev–Trinajstić information content (AvgIpc) is 3.08. The maximum absolute atomic E-state index is 9.29. The molecule has 4 rings (SSSR count). The van der Waals surface area contributed by atoms with E-state index in [1.807, 2.05) is 35.7 Å². The van der Waals surface area contributed by atoms with E-state index < -0.39 is 0 Å². The van der Waals surface area contributed by atoms with E-state index in [9.17, 15) is 10.2 Å². The van der Waals surface area contributed by atoms with Crippen LogP contribution >= 0.6 is 21.6 Å². The number of aliphatic hydroxyl groups excluding tert-OH is 2. The normalized spacial score (nSPS) is 13.6. The quantitative estimate of drug-likeness (QED) is 0.0883. The summed E-state index contributed by atoms with van der Waals surface area (Å²) in [4.78, 5) is 6.64. The maximum Gasteiger partial charge on any atom is 0.208 e. The minimum Gasteiger partial charge on any atom is -0.395 e. The summed E-state index contributed by atoms with van der Waals surface area (Å²) in [6.07, 6.45) is 13.4. The standard InChI is InChI=1S/C40H53N4O2S2/c1-31-29-37(41(5)19-23-45)15-13-35(31)27-33(3)39-11-7-9-17-43(39)21-25-47-48-26-22-44-18-10-8-12-40(44)34(4)28-36-14-16-38(30-32(36)2)42(6)20-24-46/h7-17,27-30,45-46H,18-26H2,1-6H3/q+1/b34-28+. The van der Waals surface area contributed by atoms with Gasteiger partial charge in [0.05, 0.1) is 19.0 Å². The molecule has 0 saturated heterocycles. The summed E-state index contributed by atoms with van der Waals surface area (Å²) < 4.78 is 2.36. The van der Waals surface area contributed by atoms with Crippen molar-refractivity contribution in [3.8, 4) is 0 Å². The number of nitrogens with zero attached hydrogens (tertiary/aromatic N) is 4. The van der Waals surface area contributed by atoms with Crippen molar-refractivity contribution in [2.75, 3.05) is 74.8 Å². The third kappa shape index (κ3) is 10.5. The number of hydrogen-bond donors (Lipinski definition) is 2. The SMILES string of the molecule is C/C(=C\c1ccc(N(C)CCO)cc1C)C1=CC=CCN1CCSSCC[n+]1ccccc1/C(C)=C/c1ccc(N(C)CCO)cc1C. The van der Waals surface area contributed by atoms with Gasteiger partial charge in [0.15, 0.2) is 12.7 Å². The van der Waals surface area contributed by atoms with Crippen molar-refractivity contribution in [2.24, 2.45) is 0 Å². The zero-order chi connectivity index (χ0) is 34.5. The van der Waals surface area contributed by atoms with Gasteiger partial charge in [-0.15, -0.1) is 0 Å². The van der Waals surface area contributed by atoms with Crippen molar-refractivity contribution in [3.63, 3.8) is 0 Å². The van der Waals surface area contributed by atoms with Gasteiger partial charge in [0.1, 0.15) is 0 Å². The largest absolute Gasteiger partial charge is 0.395 e. The Morgan fingerprint density at radius 2 is 1.44 bits per heavy atom. The molecule has 0 aliphatic carbocycles. The van der Waals surface area contributed by atoms with Gasteiger partial charge in [-0.1, -0.05) is 45.9 Å². The third-order valence-electron chi connectivity index (χ3n) is 8.75. The molecule has 0 fully saturated rings. The molecule has 0 amide bonds. The number of aryl methyl sites for hydroxylation is 3. The van der Waals surface area contributed by atoms with Crippen LogP contribution in [0.5, 0.6) is 0 Å². The Bertz CT molecular complexity index is 1630. The fourth-order valence-corrected chi connectivity index (χ4v) is 7.82. The van der Waals surface area contributed by atoms with Crippen LogP contribution in [0.1, 0.15) is 41.8 Å². The van der Waals surface area contributed by atoms with Gasteiger partial charge in [0.25, 0.3) is 0 Å². The van der Waals surface area contributed by atoms with Crippen molar-refractivity contribution in [3.05, 3.63) is 118 Å². The van der Waals surface area contributed by atoms with Gasteiger partial charge in [0.2, 0.25) is 5.69 Å². The highest BCUT2D eigenvalue weighted by Crippen LogP contribution is 2.27. The molecule has 2 heterocycles. The molecule has 0 atom stereocenters. The number of aromatic nitrogens is 1. The minimum atomic E-state index is 0.148. The van der Waals surface area contributed by atoms with E-state index in [0.717, 1.165) is 42.5 Å². The molecular weight excluding hydrogens is 633 g/mol. The van der Waals surface area contributed by atoms with Crippen molar-refractivity contribution < 1.29 is 14.8 Å².